The van der Waals surface area contributed by atoms with E-state index in [9.17, 15) is 9.59 Å². The number of carbonyl (C=O) groups is 2. The van der Waals surface area contributed by atoms with Crippen molar-refractivity contribution in [3.63, 3.8) is 0 Å². The minimum absolute atomic E-state index is 0.0690. The molecule has 1 aromatic rings. The lowest BCUT2D eigenvalue weighted by molar-refractivity contribution is -0.124. The molecule has 1 aliphatic carbocycles. The van der Waals surface area contributed by atoms with E-state index in [0.29, 0.717) is 11.5 Å². The number of amides is 2. The highest BCUT2D eigenvalue weighted by atomic mass is 16.2. The van der Waals surface area contributed by atoms with Crippen LogP contribution in [0.3, 0.4) is 0 Å². The van der Waals surface area contributed by atoms with Crippen LogP contribution in [0.15, 0.2) is 30.3 Å². The number of rotatable bonds is 7. The first-order valence-electron chi connectivity index (χ1n) is 7.75. The maximum atomic E-state index is 12.3. The molecule has 1 aromatic carbocycles. The Morgan fingerprint density at radius 1 is 1.24 bits per heavy atom. The molecule has 2 unspecified atom stereocenters. The molecule has 4 nitrogen and oxygen atoms in total. The summed E-state index contributed by atoms with van der Waals surface area (Å²) in [7, 11) is 0. The first-order valence-corrected chi connectivity index (χ1v) is 7.75. The average Bonchev–Trinajstić information content (AvgIpc) is 3.34. The molecule has 2 amide bonds. The molecule has 1 fully saturated rings. The van der Waals surface area contributed by atoms with Gasteiger partial charge < -0.3 is 10.6 Å². The third-order valence-electron chi connectivity index (χ3n) is 4.08. The van der Waals surface area contributed by atoms with Gasteiger partial charge in [-0.2, -0.15) is 0 Å². The summed E-state index contributed by atoms with van der Waals surface area (Å²) in [4.78, 5) is 24.6. The Labute approximate surface area is 126 Å². The summed E-state index contributed by atoms with van der Waals surface area (Å²) < 4.78 is 0. The zero-order chi connectivity index (χ0) is 15.2. The second-order valence-electron chi connectivity index (χ2n) is 5.89. The summed E-state index contributed by atoms with van der Waals surface area (Å²) in [5.74, 6) is 0.483. The maximum absolute atomic E-state index is 12.3. The Kier molecular flexibility index (Phi) is 5.37. The molecule has 114 valence electrons. The molecule has 1 aliphatic rings. The Morgan fingerprint density at radius 2 is 1.90 bits per heavy atom. The minimum atomic E-state index is -0.471. The molecular weight excluding hydrogens is 264 g/mol. The Hall–Kier alpha value is -1.84. The fourth-order valence-corrected chi connectivity index (χ4v) is 2.19. The van der Waals surface area contributed by atoms with Crippen molar-refractivity contribution >= 4 is 11.8 Å². The SMILES string of the molecule is CCC(C)C(NC(=O)c1ccccc1)C(=O)NCC1CC1. The van der Waals surface area contributed by atoms with Crippen molar-refractivity contribution in [1.29, 1.82) is 0 Å². The summed E-state index contributed by atoms with van der Waals surface area (Å²) in [5.41, 5.74) is 0.584. The Balaban J connectivity index is 1.97. The molecule has 0 radical (unpaired) electrons. The average molecular weight is 288 g/mol. The highest BCUT2D eigenvalue weighted by Gasteiger charge is 2.28. The van der Waals surface area contributed by atoms with E-state index < -0.39 is 6.04 Å². The molecular formula is C17H24N2O2. The van der Waals surface area contributed by atoms with Gasteiger partial charge in [-0.15, -0.1) is 0 Å². The lowest BCUT2D eigenvalue weighted by atomic mass is 9.97. The zero-order valence-corrected chi connectivity index (χ0v) is 12.8. The monoisotopic (exact) mass is 288 g/mol. The fraction of sp³-hybridized carbons (Fsp3) is 0.529. The van der Waals surface area contributed by atoms with E-state index in [1.54, 1.807) is 12.1 Å². The summed E-state index contributed by atoms with van der Waals surface area (Å²) in [6.07, 6.45) is 3.24. The molecule has 0 aromatic heterocycles. The van der Waals surface area contributed by atoms with Gasteiger partial charge in [-0.3, -0.25) is 9.59 Å². The maximum Gasteiger partial charge on any atom is 0.251 e. The normalized spacial score (nSPS) is 16.9. The van der Waals surface area contributed by atoms with Gasteiger partial charge in [0.25, 0.3) is 5.91 Å². The third-order valence-corrected chi connectivity index (χ3v) is 4.08. The second kappa shape index (κ2) is 7.25. The third kappa shape index (κ3) is 4.59. The van der Waals surface area contributed by atoms with Crippen LogP contribution >= 0.6 is 0 Å². The van der Waals surface area contributed by atoms with Crippen LogP contribution in [0, 0.1) is 11.8 Å². The first kappa shape index (κ1) is 15.5. The van der Waals surface area contributed by atoms with Crippen molar-refractivity contribution in [3.8, 4) is 0 Å². The molecule has 0 saturated heterocycles. The Bertz CT molecular complexity index is 483. The number of carbonyl (C=O) groups excluding carboxylic acids is 2. The number of hydrogen-bond acceptors (Lipinski definition) is 2. The van der Waals surface area contributed by atoms with Crippen LogP contribution in [0.25, 0.3) is 0 Å². The highest BCUT2D eigenvalue weighted by Crippen LogP contribution is 2.27. The molecule has 1 saturated carbocycles. The van der Waals surface area contributed by atoms with E-state index in [4.69, 9.17) is 0 Å². The summed E-state index contributed by atoms with van der Waals surface area (Å²) >= 11 is 0. The van der Waals surface area contributed by atoms with E-state index >= 15 is 0 Å². The number of benzene rings is 1. The van der Waals surface area contributed by atoms with Crippen molar-refractivity contribution in [2.45, 2.75) is 39.2 Å². The number of hydrogen-bond donors (Lipinski definition) is 2. The summed E-state index contributed by atoms with van der Waals surface area (Å²) in [6.45, 7) is 4.75. The van der Waals surface area contributed by atoms with Gasteiger partial charge >= 0.3 is 0 Å². The molecule has 2 N–H and O–H groups in total. The predicted octanol–water partition coefficient (Wildman–Crippen LogP) is 2.36. The quantitative estimate of drug-likeness (QED) is 0.809. The van der Waals surface area contributed by atoms with Gasteiger partial charge in [-0.05, 0) is 36.8 Å². The van der Waals surface area contributed by atoms with Gasteiger partial charge in [0.15, 0.2) is 0 Å². The predicted molar refractivity (Wildman–Crippen MR) is 82.9 cm³/mol. The zero-order valence-electron chi connectivity index (χ0n) is 12.8. The van der Waals surface area contributed by atoms with Gasteiger partial charge in [0.1, 0.15) is 6.04 Å². The summed E-state index contributed by atoms with van der Waals surface area (Å²) in [6, 6.07) is 8.55. The molecule has 21 heavy (non-hydrogen) atoms. The summed E-state index contributed by atoms with van der Waals surface area (Å²) in [5, 5.41) is 5.84. The van der Waals surface area contributed by atoms with Crippen molar-refractivity contribution in [3.05, 3.63) is 35.9 Å². The van der Waals surface area contributed by atoms with E-state index in [1.807, 2.05) is 32.0 Å². The van der Waals surface area contributed by atoms with Crippen LogP contribution < -0.4 is 10.6 Å². The van der Waals surface area contributed by atoms with Gasteiger partial charge in [0.05, 0.1) is 0 Å². The van der Waals surface area contributed by atoms with Crippen molar-refractivity contribution in [1.82, 2.24) is 10.6 Å². The highest BCUT2D eigenvalue weighted by molar-refractivity contribution is 5.97. The van der Waals surface area contributed by atoms with Crippen molar-refractivity contribution < 1.29 is 9.59 Å². The molecule has 0 aliphatic heterocycles. The number of nitrogens with one attached hydrogen (secondary N) is 2. The lowest BCUT2D eigenvalue weighted by Crippen LogP contribution is -2.50. The van der Waals surface area contributed by atoms with Crippen LogP contribution in [-0.2, 0) is 4.79 Å². The molecule has 0 spiro atoms. The Morgan fingerprint density at radius 3 is 2.48 bits per heavy atom. The molecule has 4 heteroatoms. The van der Waals surface area contributed by atoms with Crippen LogP contribution in [0.4, 0.5) is 0 Å². The van der Waals surface area contributed by atoms with Crippen LogP contribution in [0.1, 0.15) is 43.5 Å². The van der Waals surface area contributed by atoms with Gasteiger partial charge in [0, 0.05) is 12.1 Å². The molecule has 0 heterocycles. The molecule has 0 bridgehead atoms. The topological polar surface area (TPSA) is 58.2 Å². The smallest absolute Gasteiger partial charge is 0.251 e. The van der Waals surface area contributed by atoms with E-state index in [1.165, 1.54) is 12.8 Å². The first-order chi connectivity index (χ1) is 10.1. The van der Waals surface area contributed by atoms with E-state index in [-0.39, 0.29) is 17.7 Å². The lowest BCUT2D eigenvalue weighted by Gasteiger charge is -2.23. The molecule has 2 atom stereocenters. The van der Waals surface area contributed by atoms with Gasteiger partial charge in [-0.25, -0.2) is 0 Å². The van der Waals surface area contributed by atoms with Crippen LogP contribution in [0.2, 0.25) is 0 Å². The molecule has 2 rings (SSSR count). The second-order valence-corrected chi connectivity index (χ2v) is 5.89. The fourth-order valence-electron chi connectivity index (χ4n) is 2.19. The van der Waals surface area contributed by atoms with E-state index in [0.717, 1.165) is 13.0 Å². The van der Waals surface area contributed by atoms with Crippen LogP contribution in [-0.4, -0.2) is 24.4 Å². The van der Waals surface area contributed by atoms with Gasteiger partial charge in [-0.1, -0.05) is 38.5 Å². The standard InChI is InChI=1S/C17H24N2O2/c1-3-12(2)15(17(21)18-11-13-9-10-13)19-16(20)14-7-5-4-6-8-14/h4-8,12-13,15H,3,9-11H2,1-2H3,(H,18,21)(H,19,20). The van der Waals surface area contributed by atoms with Crippen molar-refractivity contribution in [2.75, 3.05) is 6.54 Å². The minimum Gasteiger partial charge on any atom is -0.354 e. The van der Waals surface area contributed by atoms with E-state index in [2.05, 4.69) is 10.6 Å². The van der Waals surface area contributed by atoms with Crippen LogP contribution in [0.5, 0.6) is 0 Å². The largest absolute Gasteiger partial charge is 0.354 e. The van der Waals surface area contributed by atoms with Crippen molar-refractivity contribution in [2.24, 2.45) is 11.8 Å². The van der Waals surface area contributed by atoms with Gasteiger partial charge in [0.2, 0.25) is 5.91 Å².